The number of rotatable bonds is 4. The Kier molecular flexibility index (Phi) is 2.40. The van der Waals surface area contributed by atoms with Crippen molar-refractivity contribution in [3.05, 3.63) is 30.5 Å². The van der Waals surface area contributed by atoms with Crippen LogP contribution in [0.3, 0.4) is 0 Å². The topological polar surface area (TPSA) is 29.9 Å². The van der Waals surface area contributed by atoms with Crippen LogP contribution in [0.25, 0.3) is 10.9 Å². The highest BCUT2D eigenvalue weighted by Crippen LogP contribution is 2.39. The quantitative estimate of drug-likeness (QED) is 0.892. The fourth-order valence-corrected chi connectivity index (χ4v) is 2.97. The van der Waals surface area contributed by atoms with Crippen LogP contribution in [-0.4, -0.2) is 22.4 Å². The number of nitrogens with one attached hydrogen (secondary N) is 1. The Labute approximate surface area is 107 Å². The van der Waals surface area contributed by atoms with E-state index in [1.165, 1.54) is 43.1 Å². The largest absolute Gasteiger partial charge is 0.314 e. The van der Waals surface area contributed by atoms with Crippen molar-refractivity contribution in [2.75, 3.05) is 6.54 Å². The Morgan fingerprint density at radius 2 is 2.06 bits per heavy atom. The van der Waals surface area contributed by atoms with E-state index >= 15 is 0 Å². The molecule has 0 radical (unpaired) electrons. The lowest BCUT2D eigenvalue weighted by molar-refractivity contribution is 0.167. The monoisotopic (exact) mass is 241 g/mol. The zero-order valence-corrected chi connectivity index (χ0v) is 10.5. The van der Waals surface area contributed by atoms with Crippen molar-refractivity contribution in [3.63, 3.8) is 0 Å². The third kappa shape index (κ3) is 1.74. The molecule has 0 amide bonds. The van der Waals surface area contributed by atoms with Gasteiger partial charge in [-0.1, -0.05) is 18.2 Å². The van der Waals surface area contributed by atoms with Crippen LogP contribution in [0.2, 0.25) is 0 Å². The second kappa shape index (κ2) is 4.09. The second-order valence-corrected chi connectivity index (χ2v) is 5.74. The van der Waals surface area contributed by atoms with Crippen molar-refractivity contribution < 1.29 is 0 Å². The first kappa shape index (κ1) is 10.6. The van der Waals surface area contributed by atoms with E-state index in [0.29, 0.717) is 6.04 Å². The van der Waals surface area contributed by atoms with Crippen molar-refractivity contribution in [3.8, 4) is 0 Å². The number of aromatic nitrogens is 2. The van der Waals surface area contributed by atoms with Crippen LogP contribution in [0.1, 0.15) is 31.7 Å². The number of hydrogen-bond donors (Lipinski definition) is 1. The number of nitrogens with zero attached hydrogens (tertiary/aromatic N) is 2. The normalized spacial score (nSPS) is 27.3. The minimum absolute atomic E-state index is 0.608. The smallest absolute Gasteiger partial charge is 0.0685 e. The molecule has 18 heavy (non-hydrogen) atoms. The molecule has 1 aromatic heterocycles. The molecule has 2 aliphatic carbocycles. The predicted molar refractivity (Wildman–Crippen MR) is 72.5 cm³/mol. The number of fused-ring (bicyclic) bond motifs is 1. The maximum absolute atomic E-state index is 4.60. The first-order valence-corrected chi connectivity index (χ1v) is 7.07. The van der Waals surface area contributed by atoms with E-state index < -0.39 is 0 Å². The molecule has 1 heterocycles. The lowest BCUT2D eigenvalue weighted by atomic mass is 9.79. The number of benzene rings is 1. The van der Waals surface area contributed by atoms with Crippen LogP contribution < -0.4 is 5.32 Å². The van der Waals surface area contributed by atoms with Crippen LogP contribution in [0, 0.1) is 5.92 Å². The molecule has 1 N–H and O–H groups in total. The van der Waals surface area contributed by atoms with Gasteiger partial charge >= 0.3 is 0 Å². The van der Waals surface area contributed by atoms with Crippen molar-refractivity contribution in [2.24, 2.45) is 5.92 Å². The van der Waals surface area contributed by atoms with E-state index in [1.54, 1.807) is 0 Å². The van der Waals surface area contributed by atoms with Crippen LogP contribution in [-0.2, 0) is 0 Å². The van der Waals surface area contributed by atoms with Gasteiger partial charge in [-0.3, -0.25) is 4.68 Å². The van der Waals surface area contributed by atoms with Gasteiger partial charge in [-0.25, -0.2) is 0 Å². The van der Waals surface area contributed by atoms with Gasteiger partial charge in [-0.2, -0.15) is 5.10 Å². The molecule has 2 aliphatic rings. The Morgan fingerprint density at radius 1 is 1.17 bits per heavy atom. The molecule has 4 rings (SSSR count). The highest BCUT2D eigenvalue weighted by Gasteiger charge is 2.34. The summed E-state index contributed by atoms with van der Waals surface area (Å²) < 4.78 is 2.25. The summed E-state index contributed by atoms with van der Waals surface area (Å²) in [5.41, 5.74) is 1.29. The van der Waals surface area contributed by atoms with E-state index in [9.17, 15) is 0 Å². The third-order valence-corrected chi connectivity index (χ3v) is 4.44. The van der Waals surface area contributed by atoms with E-state index in [1.807, 2.05) is 6.20 Å². The molecule has 0 spiro atoms. The maximum Gasteiger partial charge on any atom is 0.0685 e. The highest BCUT2D eigenvalue weighted by molar-refractivity contribution is 5.78. The zero-order chi connectivity index (χ0) is 11.9. The summed E-state index contributed by atoms with van der Waals surface area (Å²) >= 11 is 0. The third-order valence-electron chi connectivity index (χ3n) is 4.44. The SMILES string of the molecule is c1ccc2c(c1)cnn2C1CCC1CNC1CC1. The molecule has 1 aromatic carbocycles. The fourth-order valence-electron chi connectivity index (χ4n) is 2.97. The summed E-state index contributed by atoms with van der Waals surface area (Å²) in [6, 6.07) is 9.95. The van der Waals surface area contributed by atoms with Gasteiger partial charge in [0, 0.05) is 18.0 Å². The molecule has 94 valence electrons. The van der Waals surface area contributed by atoms with Gasteiger partial charge in [0.25, 0.3) is 0 Å². The molecule has 0 saturated heterocycles. The predicted octanol–water partition coefficient (Wildman–Crippen LogP) is 2.74. The first-order valence-electron chi connectivity index (χ1n) is 7.07. The van der Waals surface area contributed by atoms with E-state index in [4.69, 9.17) is 0 Å². The van der Waals surface area contributed by atoms with Gasteiger partial charge in [-0.05, 0) is 37.7 Å². The van der Waals surface area contributed by atoms with Gasteiger partial charge in [-0.15, -0.1) is 0 Å². The van der Waals surface area contributed by atoms with Crippen molar-refractivity contribution in [2.45, 2.75) is 37.8 Å². The van der Waals surface area contributed by atoms with Crippen molar-refractivity contribution in [1.82, 2.24) is 15.1 Å². The Morgan fingerprint density at radius 3 is 2.83 bits per heavy atom. The van der Waals surface area contributed by atoms with Gasteiger partial charge in [0.15, 0.2) is 0 Å². The molecular weight excluding hydrogens is 222 g/mol. The molecule has 2 saturated carbocycles. The molecule has 2 atom stereocenters. The van der Waals surface area contributed by atoms with Crippen LogP contribution >= 0.6 is 0 Å². The van der Waals surface area contributed by atoms with Crippen molar-refractivity contribution >= 4 is 10.9 Å². The van der Waals surface area contributed by atoms with Crippen LogP contribution in [0.15, 0.2) is 30.5 Å². The Balaban J connectivity index is 1.54. The Hall–Kier alpha value is -1.35. The van der Waals surface area contributed by atoms with Gasteiger partial charge in [0.1, 0.15) is 0 Å². The number of para-hydroxylation sites is 1. The molecule has 0 bridgehead atoms. The zero-order valence-electron chi connectivity index (χ0n) is 10.5. The average molecular weight is 241 g/mol. The second-order valence-electron chi connectivity index (χ2n) is 5.74. The van der Waals surface area contributed by atoms with Crippen LogP contribution in [0.5, 0.6) is 0 Å². The minimum atomic E-state index is 0.608. The standard InChI is InChI=1S/C15H19N3/c1-2-4-14-11(3-1)10-17-18(14)15-8-5-12(15)9-16-13-6-7-13/h1-4,10,12-13,15-16H,5-9H2. The molecule has 2 aromatic rings. The summed E-state index contributed by atoms with van der Waals surface area (Å²) in [5.74, 6) is 0.772. The molecular formula is C15H19N3. The van der Waals surface area contributed by atoms with Gasteiger partial charge in [0.2, 0.25) is 0 Å². The molecule has 0 aliphatic heterocycles. The van der Waals surface area contributed by atoms with E-state index in [2.05, 4.69) is 39.4 Å². The molecule has 2 fully saturated rings. The van der Waals surface area contributed by atoms with Crippen molar-refractivity contribution in [1.29, 1.82) is 0 Å². The fraction of sp³-hybridized carbons (Fsp3) is 0.533. The minimum Gasteiger partial charge on any atom is -0.314 e. The molecule has 3 heteroatoms. The molecule has 2 unspecified atom stereocenters. The van der Waals surface area contributed by atoms with Crippen LogP contribution in [0.4, 0.5) is 0 Å². The lowest BCUT2D eigenvalue weighted by Crippen LogP contribution is -2.38. The average Bonchev–Trinajstić information content (AvgIpc) is 3.10. The Bertz CT molecular complexity index is 556. The van der Waals surface area contributed by atoms with Gasteiger partial charge < -0.3 is 5.32 Å². The van der Waals surface area contributed by atoms with E-state index in [0.717, 1.165) is 12.0 Å². The summed E-state index contributed by atoms with van der Waals surface area (Å²) in [6.07, 6.45) is 7.38. The highest BCUT2D eigenvalue weighted by atomic mass is 15.3. The summed E-state index contributed by atoms with van der Waals surface area (Å²) in [7, 11) is 0. The lowest BCUT2D eigenvalue weighted by Gasteiger charge is -2.37. The van der Waals surface area contributed by atoms with E-state index in [-0.39, 0.29) is 0 Å². The van der Waals surface area contributed by atoms with Gasteiger partial charge in [0.05, 0.1) is 17.8 Å². The first-order chi connectivity index (χ1) is 8.92. The summed E-state index contributed by atoms with van der Waals surface area (Å²) in [6.45, 7) is 1.17. The summed E-state index contributed by atoms with van der Waals surface area (Å²) in [4.78, 5) is 0. The summed E-state index contributed by atoms with van der Waals surface area (Å²) in [5, 5.41) is 9.52. The maximum atomic E-state index is 4.60. The number of hydrogen-bond acceptors (Lipinski definition) is 2. The molecule has 3 nitrogen and oxygen atoms in total.